The number of amidine groups is 1. The normalized spacial score (nSPS) is 23.7. The van der Waals surface area contributed by atoms with Crippen LogP contribution in [-0.2, 0) is 4.74 Å². The van der Waals surface area contributed by atoms with E-state index in [1.165, 1.54) is 10.1 Å². The first-order chi connectivity index (χ1) is 9.33. The molecule has 0 aliphatic carbocycles. The van der Waals surface area contributed by atoms with E-state index >= 15 is 0 Å². The standard InChI is InChI=1S/C13H18N2O2S2/c1-10-12(2-5-17-10)18-9-11-8-14-13(19-11)15-3-6-16-7-4-15/h2,5,11H,3-4,6-9H2,1H3. The third-order valence-electron chi connectivity index (χ3n) is 3.22. The van der Waals surface area contributed by atoms with Crippen LogP contribution in [0.25, 0.3) is 0 Å². The van der Waals surface area contributed by atoms with E-state index in [1.54, 1.807) is 6.26 Å². The van der Waals surface area contributed by atoms with Gasteiger partial charge < -0.3 is 14.1 Å². The molecular weight excluding hydrogens is 280 g/mol. The number of rotatable bonds is 3. The van der Waals surface area contributed by atoms with Gasteiger partial charge >= 0.3 is 0 Å². The number of hydrogen-bond acceptors (Lipinski definition) is 6. The van der Waals surface area contributed by atoms with Gasteiger partial charge in [-0.25, -0.2) is 0 Å². The fourth-order valence-electron chi connectivity index (χ4n) is 2.13. The van der Waals surface area contributed by atoms with Gasteiger partial charge in [0, 0.05) is 29.0 Å². The Hall–Kier alpha value is -0.590. The van der Waals surface area contributed by atoms with Crippen LogP contribution in [0.15, 0.2) is 26.6 Å². The number of ether oxygens (including phenoxy) is 1. The minimum Gasteiger partial charge on any atom is -0.468 e. The number of aryl methyl sites for hydroxylation is 1. The number of thioether (sulfide) groups is 2. The first-order valence-corrected chi connectivity index (χ1v) is 8.40. The fraction of sp³-hybridized carbons (Fsp3) is 0.615. The third kappa shape index (κ3) is 3.30. The number of furan rings is 1. The van der Waals surface area contributed by atoms with Crippen LogP contribution in [0.1, 0.15) is 5.76 Å². The van der Waals surface area contributed by atoms with Gasteiger partial charge in [0.05, 0.1) is 26.0 Å². The summed E-state index contributed by atoms with van der Waals surface area (Å²) in [6, 6.07) is 2.05. The lowest BCUT2D eigenvalue weighted by atomic mass is 10.4. The molecule has 2 aliphatic heterocycles. The van der Waals surface area contributed by atoms with Gasteiger partial charge in [0.1, 0.15) is 5.76 Å². The van der Waals surface area contributed by atoms with Gasteiger partial charge in [-0.05, 0) is 13.0 Å². The van der Waals surface area contributed by atoms with E-state index in [0.717, 1.165) is 44.4 Å². The molecule has 3 rings (SSSR count). The molecule has 0 spiro atoms. The van der Waals surface area contributed by atoms with Crippen LogP contribution in [0.3, 0.4) is 0 Å². The molecule has 1 fully saturated rings. The van der Waals surface area contributed by atoms with Gasteiger partial charge in [-0.2, -0.15) is 0 Å². The molecule has 1 atom stereocenters. The average molecular weight is 298 g/mol. The predicted octanol–water partition coefficient (Wildman–Crippen LogP) is 2.48. The maximum Gasteiger partial charge on any atom is 0.159 e. The van der Waals surface area contributed by atoms with Crippen molar-refractivity contribution in [3.8, 4) is 0 Å². The van der Waals surface area contributed by atoms with E-state index < -0.39 is 0 Å². The Labute approximate surface area is 122 Å². The van der Waals surface area contributed by atoms with Crippen LogP contribution in [0.4, 0.5) is 0 Å². The van der Waals surface area contributed by atoms with Crippen molar-refractivity contribution in [2.75, 3.05) is 38.6 Å². The van der Waals surface area contributed by atoms with Crippen molar-refractivity contribution in [1.82, 2.24) is 4.90 Å². The van der Waals surface area contributed by atoms with Crippen LogP contribution in [-0.4, -0.2) is 53.9 Å². The highest BCUT2D eigenvalue weighted by atomic mass is 32.2. The maximum absolute atomic E-state index is 5.38. The van der Waals surface area contributed by atoms with Crippen LogP contribution < -0.4 is 0 Å². The molecule has 6 heteroatoms. The lowest BCUT2D eigenvalue weighted by Crippen LogP contribution is -2.39. The molecule has 0 radical (unpaired) electrons. The first-order valence-electron chi connectivity index (χ1n) is 6.53. The van der Waals surface area contributed by atoms with E-state index in [2.05, 4.69) is 9.89 Å². The zero-order chi connectivity index (χ0) is 13.1. The topological polar surface area (TPSA) is 38.0 Å². The molecule has 19 heavy (non-hydrogen) atoms. The summed E-state index contributed by atoms with van der Waals surface area (Å²) in [5.74, 6) is 2.10. The second kappa shape index (κ2) is 6.24. The van der Waals surface area contributed by atoms with Crippen LogP contribution in [0.2, 0.25) is 0 Å². The van der Waals surface area contributed by atoms with Gasteiger partial charge in [0.2, 0.25) is 0 Å². The number of aliphatic imine (C=N–C) groups is 1. The molecule has 0 N–H and O–H groups in total. The van der Waals surface area contributed by atoms with Crippen molar-refractivity contribution in [3.05, 3.63) is 18.1 Å². The maximum atomic E-state index is 5.38. The molecule has 1 aromatic rings. The number of morpholine rings is 1. The predicted molar refractivity (Wildman–Crippen MR) is 80.2 cm³/mol. The second-order valence-corrected chi connectivity index (χ2v) is 6.94. The molecule has 1 unspecified atom stereocenters. The van der Waals surface area contributed by atoms with Crippen molar-refractivity contribution in [2.24, 2.45) is 4.99 Å². The molecule has 0 aromatic carbocycles. The van der Waals surface area contributed by atoms with E-state index in [-0.39, 0.29) is 0 Å². The minimum atomic E-state index is 0.581. The molecule has 1 aromatic heterocycles. The Morgan fingerprint density at radius 3 is 3.05 bits per heavy atom. The van der Waals surface area contributed by atoms with Crippen LogP contribution >= 0.6 is 23.5 Å². The Bertz CT molecular complexity index is 455. The van der Waals surface area contributed by atoms with Crippen molar-refractivity contribution >= 4 is 28.7 Å². The lowest BCUT2D eigenvalue weighted by molar-refractivity contribution is 0.0693. The minimum absolute atomic E-state index is 0.581. The molecular formula is C13H18N2O2S2. The molecule has 0 saturated carbocycles. The summed E-state index contributed by atoms with van der Waals surface area (Å²) in [5.41, 5.74) is 0. The molecule has 4 nitrogen and oxygen atoms in total. The van der Waals surface area contributed by atoms with Crippen molar-refractivity contribution in [1.29, 1.82) is 0 Å². The summed E-state index contributed by atoms with van der Waals surface area (Å²) in [4.78, 5) is 8.28. The van der Waals surface area contributed by atoms with Gasteiger partial charge in [-0.3, -0.25) is 4.99 Å². The molecule has 0 amide bonds. The van der Waals surface area contributed by atoms with Crippen molar-refractivity contribution in [2.45, 2.75) is 17.1 Å². The van der Waals surface area contributed by atoms with E-state index in [4.69, 9.17) is 9.15 Å². The van der Waals surface area contributed by atoms with E-state index in [0.29, 0.717) is 5.25 Å². The molecule has 104 valence electrons. The highest BCUT2D eigenvalue weighted by molar-refractivity contribution is 8.15. The fourth-order valence-corrected chi connectivity index (χ4v) is 4.40. The summed E-state index contributed by atoms with van der Waals surface area (Å²) in [7, 11) is 0. The smallest absolute Gasteiger partial charge is 0.159 e. The Morgan fingerprint density at radius 2 is 2.32 bits per heavy atom. The zero-order valence-electron chi connectivity index (χ0n) is 11.0. The van der Waals surface area contributed by atoms with Crippen molar-refractivity contribution < 1.29 is 9.15 Å². The highest BCUT2D eigenvalue weighted by Gasteiger charge is 2.25. The SMILES string of the molecule is Cc1occc1SCC1CN=C(N2CCOCC2)S1. The Kier molecular flexibility index (Phi) is 4.40. The monoisotopic (exact) mass is 298 g/mol. The van der Waals surface area contributed by atoms with Crippen molar-refractivity contribution in [3.63, 3.8) is 0 Å². The molecule has 1 saturated heterocycles. The third-order valence-corrected chi connectivity index (χ3v) is 5.98. The number of hydrogen-bond donors (Lipinski definition) is 0. The van der Waals surface area contributed by atoms with Gasteiger partial charge in [0.25, 0.3) is 0 Å². The lowest BCUT2D eigenvalue weighted by Gasteiger charge is -2.28. The summed E-state index contributed by atoms with van der Waals surface area (Å²) in [5, 5.41) is 1.79. The van der Waals surface area contributed by atoms with E-state index in [1.807, 2.05) is 36.5 Å². The average Bonchev–Trinajstić information content (AvgIpc) is 3.06. The summed E-state index contributed by atoms with van der Waals surface area (Å²) < 4.78 is 10.7. The van der Waals surface area contributed by atoms with Crippen LogP contribution in [0, 0.1) is 6.92 Å². The highest BCUT2D eigenvalue weighted by Crippen LogP contribution is 2.31. The Balaban J connectivity index is 1.47. The van der Waals surface area contributed by atoms with Gasteiger partial charge in [-0.15, -0.1) is 11.8 Å². The van der Waals surface area contributed by atoms with E-state index in [9.17, 15) is 0 Å². The van der Waals surface area contributed by atoms with Gasteiger partial charge in [-0.1, -0.05) is 11.8 Å². The second-order valence-electron chi connectivity index (χ2n) is 4.61. The Morgan fingerprint density at radius 1 is 1.47 bits per heavy atom. The van der Waals surface area contributed by atoms with Gasteiger partial charge in [0.15, 0.2) is 5.17 Å². The quantitative estimate of drug-likeness (QED) is 0.802. The molecule has 3 heterocycles. The summed E-state index contributed by atoms with van der Waals surface area (Å²) in [6.07, 6.45) is 1.76. The first kappa shape index (κ1) is 13.4. The molecule has 2 aliphatic rings. The zero-order valence-corrected chi connectivity index (χ0v) is 12.6. The van der Waals surface area contributed by atoms with Crippen LogP contribution in [0.5, 0.6) is 0 Å². The summed E-state index contributed by atoms with van der Waals surface area (Å²) in [6.45, 7) is 6.56. The summed E-state index contributed by atoms with van der Waals surface area (Å²) >= 11 is 3.78. The number of nitrogens with zero attached hydrogens (tertiary/aromatic N) is 2. The molecule has 0 bridgehead atoms. The largest absolute Gasteiger partial charge is 0.468 e.